The lowest BCUT2D eigenvalue weighted by Crippen LogP contribution is -2.15. The number of hydrogen-bond donors (Lipinski definition) is 2. The fourth-order valence-electron chi connectivity index (χ4n) is 1.67. The molecule has 0 aliphatic heterocycles. The van der Waals surface area contributed by atoms with Gasteiger partial charge >= 0.3 is 0 Å². The summed E-state index contributed by atoms with van der Waals surface area (Å²) >= 11 is 0. The third kappa shape index (κ3) is 2.07. The van der Waals surface area contributed by atoms with Crippen molar-refractivity contribution >= 4 is 0 Å². The molecule has 0 fully saturated rings. The number of aromatic nitrogens is 2. The van der Waals surface area contributed by atoms with Crippen LogP contribution in [0.2, 0.25) is 0 Å². The Labute approximate surface area is 89.4 Å². The van der Waals surface area contributed by atoms with E-state index in [4.69, 9.17) is 5.73 Å². The van der Waals surface area contributed by atoms with Crippen LogP contribution in [-0.4, -0.2) is 16.5 Å². The van der Waals surface area contributed by atoms with Crippen LogP contribution in [0.3, 0.4) is 0 Å². The Morgan fingerprint density at radius 1 is 1.33 bits per heavy atom. The number of benzene rings is 1. The van der Waals surface area contributed by atoms with E-state index < -0.39 is 0 Å². The number of hydrogen-bond acceptors (Lipinski definition) is 2. The van der Waals surface area contributed by atoms with Crippen molar-refractivity contribution < 1.29 is 0 Å². The molecule has 15 heavy (non-hydrogen) atoms. The number of nitrogens with two attached hydrogens (primary N) is 1. The van der Waals surface area contributed by atoms with Crippen LogP contribution in [0.15, 0.2) is 36.7 Å². The van der Waals surface area contributed by atoms with E-state index in [1.54, 1.807) is 6.20 Å². The quantitative estimate of drug-likeness (QED) is 0.795. The highest BCUT2D eigenvalue weighted by Gasteiger charge is 2.13. The summed E-state index contributed by atoms with van der Waals surface area (Å²) in [6, 6.07) is 8.41. The van der Waals surface area contributed by atoms with Gasteiger partial charge < -0.3 is 10.7 Å². The highest BCUT2D eigenvalue weighted by molar-refractivity contribution is 5.29. The van der Waals surface area contributed by atoms with Gasteiger partial charge in [0.1, 0.15) is 5.82 Å². The van der Waals surface area contributed by atoms with Gasteiger partial charge in [-0.2, -0.15) is 0 Å². The molecule has 1 atom stereocenters. The largest absolute Gasteiger partial charge is 0.348 e. The Bertz CT molecular complexity index is 403. The van der Waals surface area contributed by atoms with Crippen molar-refractivity contribution in [2.24, 2.45) is 5.73 Å². The molecule has 1 aromatic heterocycles. The highest BCUT2D eigenvalue weighted by Crippen LogP contribution is 2.20. The Morgan fingerprint density at radius 2 is 2.07 bits per heavy atom. The standard InChI is InChI=1S/C12H15N3/c1-9-2-4-10(5-3-9)11(8-13)12-14-6-7-15-12/h2-7,11H,8,13H2,1H3,(H,14,15). The minimum absolute atomic E-state index is 0.167. The number of imidazole rings is 1. The van der Waals surface area contributed by atoms with Crippen LogP contribution in [0.4, 0.5) is 0 Å². The van der Waals surface area contributed by atoms with Gasteiger partial charge in [-0.25, -0.2) is 4.98 Å². The van der Waals surface area contributed by atoms with Gasteiger partial charge in [-0.05, 0) is 12.5 Å². The van der Waals surface area contributed by atoms with Gasteiger partial charge in [-0.3, -0.25) is 0 Å². The topological polar surface area (TPSA) is 54.7 Å². The van der Waals surface area contributed by atoms with Crippen LogP contribution in [0, 0.1) is 6.92 Å². The zero-order chi connectivity index (χ0) is 10.7. The molecule has 0 saturated carbocycles. The average molecular weight is 201 g/mol. The first-order chi connectivity index (χ1) is 7.31. The third-order valence-corrected chi connectivity index (χ3v) is 2.56. The van der Waals surface area contributed by atoms with E-state index in [2.05, 4.69) is 41.2 Å². The average Bonchev–Trinajstić information content (AvgIpc) is 2.75. The van der Waals surface area contributed by atoms with Gasteiger partial charge in [0, 0.05) is 18.9 Å². The molecule has 3 heteroatoms. The molecule has 3 nitrogen and oxygen atoms in total. The van der Waals surface area contributed by atoms with Crippen LogP contribution in [-0.2, 0) is 0 Å². The molecule has 3 N–H and O–H groups in total. The molecule has 78 valence electrons. The van der Waals surface area contributed by atoms with Crippen LogP contribution < -0.4 is 5.73 Å². The molecule has 0 bridgehead atoms. The van der Waals surface area contributed by atoms with E-state index in [1.807, 2.05) is 6.20 Å². The smallest absolute Gasteiger partial charge is 0.114 e. The van der Waals surface area contributed by atoms with Gasteiger partial charge in [-0.15, -0.1) is 0 Å². The van der Waals surface area contributed by atoms with Crippen LogP contribution in [0.25, 0.3) is 0 Å². The highest BCUT2D eigenvalue weighted by atomic mass is 14.9. The fourth-order valence-corrected chi connectivity index (χ4v) is 1.67. The van der Waals surface area contributed by atoms with Crippen LogP contribution in [0.5, 0.6) is 0 Å². The monoisotopic (exact) mass is 201 g/mol. The molecule has 0 saturated heterocycles. The van der Waals surface area contributed by atoms with Crippen molar-refractivity contribution in [3.8, 4) is 0 Å². The van der Waals surface area contributed by atoms with E-state index in [1.165, 1.54) is 11.1 Å². The lowest BCUT2D eigenvalue weighted by Gasteiger charge is -2.12. The molecular formula is C12H15N3. The van der Waals surface area contributed by atoms with E-state index >= 15 is 0 Å². The third-order valence-electron chi connectivity index (χ3n) is 2.56. The molecule has 0 amide bonds. The predicted octanol–water partition coefficient (Wildman–Crippen LogP) is 1.81. The van der Waals surface area contributed by atoms with Crippen molar-refractivity contribution in [3.05, 3.63) is 53.6 Å². The van der Waals surface area contributed by atoms with Gasteiger partial charge in [0.05, 0.1) is 5.92 Å². The predicted molar refractivity (Wildman–Crippen MR) is 60.7 cm³/mol. The Balaban J connectivity index is 2.31. The number of aromatic amines is 1. The van der Waals surface area contributed by atoms with Crippen molar-refractivity contribution in [1.82, 2.24) is 9.97 Å². The van der Waals surface area contributed by atoms with Gasteiger partial charge in [0.25, 0.3) is 0 Å². The molecule has 0 spiro atoms. The molecule has 2 rings (SSSR count). The SMILES string of the molecule is Cc1ccc(C(CN)c2ncc[nH]2)cc1. The van der Waals surface area contributed by atoms with E-state index in [0.29, 0.717) is 6.54 Å². The number of nitrogens with one attached hydrogen (secondary N) is 1. The first-order valence-electron chi connectivity index (χ1n) is 5.07. The first-order valence-corrected chi connectivity index (χ1v) is 5.07. The summed E-state index contributed by atoms with van der Waals surface area (Å²) in [7, 11) is 0. The zero-order valence-electron chi connectivity index (χ0n) is 8.77. The summed E-state index contributed by atoms with van der Waals surface area (Å²) in [6.07, 6.45) is 3.58. The first kappa shape index (κ1) is 9.93. The van der Waals surface area contributed by atoms with Crippen molar-refractivity contribution in [1.29, 1.82) is 0 Å². The van der Waals surface area contributed by atoms with Crippen LogP contribution in [0.1, 0.15) is 22.9 Å². The molecular weight excluding hydrogens is 186 g/mol. The van der Waals surface area contributed by atoms with E-state index in [-0.39, 0.29) is 5.92 Å². The van der Waals surface area contributed by atoms with Gasteiger partial charge in [-0.1, -0.05) is 29.8 Å². The van der Waals surface area contributed by atoms with Crippen molar-refractivity contribution in [2.75, 3.05) is 6.54 Å². The lowest BCUT2D eigenvalue weighted by molar-refractivity contribution is 0.765. The fraction of sp³-hybridized carbons (Fsp3) is 0.250. The molecule has 0 aliphatic rings. The second-order valence-electron chi connectivity index (χ2n) is 3.67. The molecule has 2 aromatic rings. The summed E-state index contributed by atoms with van der Waals surface area (Å²) in [5, 5.41) is 0. The lowest BCUT2D eigenvalue weighted by atomic mass is 9.98. The summed E-state index contributed by atoms with van der Waals surface area (Å²) in [4.78, 5) is 7.36. The van der Waals surface area contributed by atoms with E-state index in [9.17, 15) is 0 Å². The number of aryl methyl sites for hydroxylation is 1. The number of H-pyrrole nitrogens is 1. The van der Waals surface area contributed by atoms with E-state index in [0.717, 1.165) is 5.82 Å². The summed E-state index contributed by atoms with van der Waals surface area (Å²) in [5.74, 6) is 1.10. The molecule has 0 radical (unpaired) electrons. The minimum Gasteiger partial charge on any atom is -0.348 e. The Hall–Kier alpha value is -1.61. The summed E-state index contributed by atoms with van der Waals surface area (Å²) in [6.45, 7) is 2.64. The summed E-state index contributed by atoms with van der Waals surface area (Å²) < 4.78 is 0. The van der Waals surface area contributed by atoms with Crippen molar-refractivity contribution in [3.63, 3.8) is 0 Å². The number of nitrogens with zero attached hydrogens (tertiary/aromatic N) is 1. The maximum atomic E-state index is 5.77. The normalized spacial score (nSPS) is 12.7. The minimum atomic E-state index is 0.167. The maximum absolute atomic E-state index is 5.77. The van der Waals surface area contributed by atoms with Gasteiger partial charge in [0.15, 0.2) is 0 Å². The molecule has 1 aromatic carbocycles. The van der Waals surface area contributed by atoms with Crippen LogP contribution >= 0.6 is 0 Å². The molecule has 0 aliphatic carbocycles. The second-order valence-corrected chi connectivity index (χ2v) is 3.67. The maximum Gasteiger partial charge on any atom is 0.114 e. The molecule has 1 unspecified atom stereocenters. The van der Waals surface area contributed by atoms with Crippen molar-refractivity contribution in [2.45, 2.75) is 12.8 Å². The molecule has 1 heterocycles. The van der Waals surface area contributed by atoms with Gasteiger partial charge in [0.2, 0.25) is 0 Å². The number of rotatable bonds is 3. The summed E-state index contributed by atoms with van der Waals surface area (Å²) in [5.41, 5.74) is 8.24. The Kier molecular flexibility index (Phi) is 2.83. The second kappa shape index (κ2) is 4.28. The zero-order valence-corrected chi connectivity index (χ0v) is 8.77. The Morgan fingerprint density at radius 3 is 2.60 bits per heavy atom.